The lowest BCUT2D eigenvalue weighted by Gasteiger charge is -2.31. The Morgan fingerprint density at radius 2 is 2.42 bits per heavy atom. The number of aliphatic hydroxyl groups is 1. The van der Waals surface area contributed by atoms with Crippen LogP contribution in [0.25, 0.3) is 0 Å². The molecule has 1 aromatic rings. The van der Waals surface area contributed by atoms with Crippen molar-refractivity contribution in [2.24, 2.45) is 0 Å². The lowest BCUT2D eigenvalue weighted by Crippen LogP contribution is -2.45. The van der Waals surface area contributed by atoms with Crippen molar-refractivity contribution >= 4 is 0 Å². The first-order chi connectivity index (χ1) is 9.31. The number of hydrogen-bond donors (Lipinski definition) is 1. The van der Waals surface area contributed by atoms with Gasteiger partial charge in [-0.25, -0.2) is 0 Å². The van der Waals surface area contributed by atoms with Crippen LogP contribution >= 0.6 is 0 Å². The van der Waals surface area contributed by atoms with Gasteiger partial charge in [0.2, 0.25) is 0 Å². The molecule has 5 nitrogen and oxygen atoms in total. The van der Waals surface area contributed by atoms with Crippen LogP contribution in [0, 0.1) is 11.3 Å². The zero-order valence-electron chi connectivity index (χ0n) is 10.8. The summed E-state index contributed by atoms with van der Waals surface area (Å²) in [6, 6.07) is 9.22. The first-order valence-electron chi connectivity index (χ1n) is 6.39. The van der Waals surface area contributed by atoms with E-state index in [0.717, 1.165) is 19.6 Å². The minimum absolute atomic E-state index is 0.0571. The number of aliphatic hydroxyl groups excluding tert-OH is 1. The average molecular weight is 262 g/mol. The monoisotopic (exact) mass is 262 g/mol. The summed E-state index contributed by atoms with van der Waals surface area (Å²) in [6.45, 7) is 3.65. The maximum absolute atomic E-state index is 9.06. The minimum atomic E-state index is -0.0873. The number of ether oxygens (including phenoxy) is 2. The lowest BCUT2D eigenvalue weighted by molar-refractivity contribution is -0.0547. The second kappa shape index (κ2) is 7.10. The summed E-state index contributed by atoms with van der Waals surface area (Å²) < 4.78 is 11.0. The van der Waals surface area contributed by atoms with E-state index in [4.69, 9.17) is 19.8 Å². The van der Waals surface area contributed by atoms with Gasteiger partial charge in [0.25, 0.3) is 0 Å². The van der Waals surface area contributed by atoms with E-state index in [9.17, 15) is 0 Å². The molecule has 1 aliphatic heterocycles. The van der Waals surface area contributed by atoms with Crippen LogP contribution in [0.4, 0.5) is 0 Å². The highest BCUT2D eigenvalue weighted by Crippen LogP contribution is 2.12. The zero-order chi connectivity index (χ0) is 13.5. The van der Waals surface area contributed by atoms with Gasteiger partial charge in [0.05, 0.1) is 31.0 Å². The van der Waals surface area contributed by atoms with E-state index in [0.29, 0.717) is 24.5 Å². The second-order valence-corrected chi connectivity index (χ2v) is 4.46. The smallest absolute Gasteiger partial charge is 0.120 e. The molecule has 0 saturated carbocycles. The number of hydrogen-bond acceptors (Lipinski definition) is 5. The SMILES string of the molecule is N#Cc1cccc(OCCN2CCOC(CO)C2)c1. The summed E-state index contributed by atoms with van der Waals surface area (Å²) in [7, 11) is 0. The molecule has 1 N–H and O–H groups in total. The van der Waals surface area contributed by atoms with E-state index < -0.39 is 0 Å². The Bertz CT molecular complexity index is 445. The second-order valence-electron chi connectivity index (χ2n) is 4.46. The Morgan fingerprint density at radius 3 is 3.21 bits per heavy atom. The molecular weight excluding hydrogens is 244 g/mol. The molecule has 2 rings (SSSR count). The van der Waals surface area contributed by atoms with Gasteiger partial charge in [0, 0.05) is 19.6 Å². The third-order valence-corrected chi connectivity index (χ3v) is 3.07. The lowest BCUT2D eigenvalue weighted by atomic mass is 10.2. The van der Waals surface area contributed by atoms with Crippen molar-refractivity contribution in [2.45, 2.75) is 6.10 Å². The standard InChI is InChI=1S/C14H18N2O3/c15-9-12-2-1-3-13(8-12)18-6-4-16-5-7-19-14(10-16)11-17/h1-3,8,14,17H,4-7,10-11H2. The Labute approximate surface area is 113 Å². The van der Waals surface area contributed by atoms with Crippen LogP contribution < -0.4 is 4.74 Å². The largest absolute Gasteiger partial charge is 0.492 e. The van der Waals surface area contributed by atoms with Gasteiger partial charge in [-0.3, -0.25) is 4.90 Å². The normalized spacial score (nSPS) is 19.9. The molecular formula is C14H18N2O3. The van der Waals surface area contributed by atoms with Gasteiger partial charge in [0.15, 0.2) is 0 Å². The molecule has 1 saturated heterocycles. The van der Waals surface area contributed by atoms with Crippen molar-refractivity contribution < 1.29 is 14.6 Å². The first-order valence-corrected chi connectivity index (χ1v) is 6.39. The van der Waals surface area contributed by atoms with Crippen molar-refractivity contribution in [1.82, 2.24) is 4.90 Å². The summed E-state index contributed by atoms with van der Waals surface area (Å²) in [5.74, 6) is 0.714. The van der Waals surface area contributed by atoms with E-state index in [2.05, 4.69) is 11.0 Å². The molecule has 102 valence electrons. The van der Waals surface area contributed by atoms with E-state index in [1.807, 2.05) is 12.1 Å². The van der Waals surface area contributed by atoms with E-state index in [1.165, 1.54) is 0 Å². The van der Waals surface area contributed by atoms with Gasteiger partial charge in [-0.1, -0.05) is 6.07 Å². The summed E-state index contributed by atoms with van der Waals surface area (Å²) in [4.78, 5) is 2.21. The molecule has 0 aromatic heterocycles. The number of rotatable bonds is 5. The van der Waals surface area contributed by atoms with E-state index in [1.54, 1.807) is 12.1 Å². The maximum Gasteiger partial charge on any atom is 0.120 e. The van der Waals surface area contributed by atoms with Gasteiger partial charge >= 0.3 is 0 Å². The fourth-order valence-corrected chi connectivity index (χ4v) is 2.04. The van der Waals surface area contributed by atoms with E-state index in [-0.39, 0.29) is 12.7 Å². The Morgan fingerprint density at radius 1 is 1.53 bits per heavy atom. The van der Waals surface area contributed by atoms with Crippen molar-refractivity contribution in [1.29, 1.82) is 5.26 Å². The predicted molar refractivity (Wildman–Crippen MR) is 69.9 cm³/mol. The summed E-state index contributed by atoms with van der Waals surface area (Å²) in [5.41, 5.74) is 0.601. The molecule has 1 atom stereocenters. The molecule has 0 radical (unpaired) electrons. The Kier molecular flexibility index (Phi) is 5.16. The summed E-state index contributed by atoms with van der Waals surface area (Å²) in [6.07, 6.45) is -0.0873. The van der Waals surface area contributed by atoms with Gasteiger partial charge in [-0.2, -0.15) is 5.26 Å². The fourth-order valence-electron chi connectivity index (χ4n) is 2.04. The highest BCUT2D eigenvalue weighted by molar-refractivity contribution is 5.36. The molecule has 1 aliphatic rings. The van der Waals surface area contributed by atoms with Crippen LogP contribution in [-0.2, 0) is 4.74 Å². The molecule has 1 heterocycles. The van der Waals surface area contributed by atoms with E-state index >= 15 is 0 Å². The highest BCUT2D eigenvalue weighted by Gasteiger charge is 2.19. The van der Waals surface area contributed by atoms with Crippen LogP contribution in [0.15, 0.2) is 24.3 Å². The van der Waals surface area contributed by atoms with Crippen molar-refractivity contribution in [2.75, 3.05) is 39.5 Å². The third-order valence-electron chi connectivity index (χ3n) is 3.07. The highest BCUT2D eigenvalue weighted by atomic mass is 16.5. The van der Waals surface area contributed by atoms with Crippen molar-refractivity contribution in [3.05, 3.63) is 29.8 Å². The number of nitriles is 1. The number of morpholine rings is 1. The van der Waals surface area contributed by atoms with Crippen LogP contribution in [0.1, 0.15) is 5.56 Å². The predicted octanol–water partition coefficient (Wildman–Crippen LogP) is 0.630. The van der Waals surface area contributed by atoms with Crippen LogP contribution in [-0.4, -0.2) is 55.6 Å². The molecule has 0 bridgehead atoms. The summed E-state index contributed by atoms with van der Waals surface area (Å²) >= 11 is 0. The van der Waals surface area contributed by atoms with Crippen molar-refractivity contribution in [3.63, 3.8) is 0 Å². The van der Waals surface area contributed by atoms with Gasteiger partial charge in [-0.05, 0) is 18.2 Å². The molecule has 1 fully saturated rings. The third kappa shape index (κ3) is 4.21. The molecule has 1 aromatic carbocycles. The zero-order valence-corrected chi connectivity index (χ0v) is 10.8. The molecule has 0 amide bonds. The van der Waals surface area contributed by atoms with Gasteiger partial charge in [0.1, 0.15) is 12.4 Å². The molecule has 0 aliphatic carbocycles. The van der Waals surface area contributed by atoms with Gasteiger partial charge < -0.3 is 14.6 Å². The number of benzene rings is 1. The molecule has 1 unspecified atom stereocenters. The molecule has 0 spiro atoms. The maximum atomic E-state index is 9.06. The topological polar surface area (TPSA) is 65.7 Å². The van der Waals surface area contributed by atoms with Crippen LogP contribution in [0.5, 0.6) is 5.75 Å². The quantitative estimate of drug-likeness (QED) is 0.843. The molecule has 19 heavy (non-hydrogen) atoms. The van der Waals surface area contributed by atoms with Crippen LogP contribution in [0.3, 0.4) is 0 Å². The minimum Gasteiger partial charge on any atom is -0.492 e. The average Bonchev–Trinajstić information content (AvgIpc) is 2.48. The fraction of sp³-hybridized carbons (Fsp3) is 0.500. The Hall–Kier alpha value is -1.61. The van der Waals surface area contributed by atoms with Gasteiger partial charge in [-0.15, -0.1) is 0 Å². The number of nitrogens with zero attached hydrogens (tertiary/aromatic N) is 2. The Balaban J connectivity index is 1.75. The van der Waals surface area contributed by atoms with Crippen molar-refractivity contribution in [3.8, 4) is 11.8 Å². The molecule has 5 heteroatoms. The van der Waals surface area contributed by atoms with Crippen LogP contribution in [0.2, 0.25) is 0 Å². The first kappa shape index (κ1) is 13.8. The summed E-state index contributed by atoms with van der Waals surface area (Å²) in [5, 5.41) is 17.9.